The molecular weight excluding hydrogens is 514 g/mol. The Labute approximate surface area is 225 Å². The fourth-order valence-corrected chi connectivity index (χ4v) is 5.63. The van der Waals surface area contributed by atoms with Crippen LogP contribution in [0.1, 0.15) is 50.2 Å². The molecule has 0 bridgehead atoms. The molecule has 0 heterocycles. The second kappa shape index (κ2) is 12.6. The zero-order valence-electron chi connectivity index (χ0n) is 21.9. The molecule has 1 fully saturated rings. The number of aryl methyl sites for hydroxylation is 1. The standard InChI is InChI=1S/C27H36ClN3O5S/c1-5-23(27(33)29-22-8-6-7-9-22)30(17-20-11-13-21(28)14-12-20)26(32)18-31(37(4,34)35)24-16-19(2)10-15-25(24)36-3/h10-16,22-23H,5-9,17-18H2,1-4H3,(H,29,33)/t23-/m1/s1. The Balaban J connectivity index is 1.96. The van der Waals surface area contributed by atoms with Crippen molar-refractivity contribution < 1.29 is 22.7 Å². The first-order chi connectivity index (χ1) is 17.5. The molecule has 37 heavy (non-hydrogen) atoms. The van der Waals surface area contributed by atoms with Crippen molar-refractivity contribution in [2.45, 2.75) is 64.6 Å². The summed E-state index contributed by atoms with van der Waals surface area (Å²) in [7, 11) is -2.41. The van der Waals surface area contributed by atoms with Gasteiger partial charge in [-0.05, 0) is 61.6 Å². The number of nitrogens with one attached hydrogen (secondary N) is 1. The van der Waals surface area contributed by atoms with E-state index in [9.17, 15) is 18.0 Å². The van der Waals surface area contributed by atoms with Crippen molar-refractivity contribution in [2.75, 3.05) is 24.2 Å². The molecule has 0 unspecified atom stereocenters. The molecule has 1 N–H and O–H groups in total. The third-order valence-electron chi connectivity index (χ3n) is 6.64. The first-order valence-electron chi connectivity index (χ1n) is 12.5. The second-order valence-electron chi connectivity index (χ2n) is 9.51. The number of hydrogen-bond acceptors (Lipinski definition) is 5. The van der Waals surface area contributed by atoms with Crippen LogP contribution < -0.4 is 14.4 Å². The summed E-state index contributed by atoms with van der Waals surface area (Å²) in [5, 5.41) is 3.65. The number of halogens is 1. The molecule has 202 valence electrons. The minimum absolute atomic E-state index is 0.0955. The maximum atomic E-state index is 13.8. The number of hydrogen-bond donors (Lipinski definition) is 1. The Morgan fingerprint density at radius 1 is 1.14 bits per heavy atom. The fourth-order valence-electron chi connectivity index (χ4n) is 4.66. The summed E-state index contributed by atoms with van der Waals surface area (Å²) in [4.78, 5) is 28.7. The molecule has 2 aromatic rings. The van der Waals surface area contributed by atoms with Crippen molar-refractivity contribution >= 4 is 39.1 Å². The molecule has 2 aromatic carbocycles. The van der Waals surface area contributed by atoms with Crippen LogP contribution in [0, 0.1) is 6.92 Å². The molecular formula is C27H36ClN3O5S. The Bertz CT molecular complexity index is 1200. The third kappa shape index (κ3) is 7.61. The van der Waals surface area contributed by atoms with Crippen LogP contribution in [-0.4, -0.2) is 57.1 Å². The van der Waals surface area contributed by atoms with E-state index in [2.05, 4.69) is 5.32 Å². The average Bonchev–Trinajstić information content (AvgIpc) is 3.35. The number of ether oxygens (including phenoxy) is 1. The molecule has 0 saturated heterocycles. The average molecular weight is 550 g/mol. The molecule has 1 saturated carbocycles. The summed E-state index contributed by atoms with van der Waals surface area (Å²) in [6.45, 7) is 3.34. The van der Waals surface area contributed by atoms with Crippen molar-refractivity contribution in [2.24, 2.45) is 0 Å². The monoisotopic (exact) mass is 549 g/mol. The number of amides is 2. The normalized spacial score (nSPS) is 14.7. The molecule has 0 aromatic heterocycles. The lowest BCUT2D eigenvalue weighted by molar-refractivity contribution is -0.140. The number of methoxy groups -OCH3 is 1. The number of nitrogens with zero attached hydrogens (tertiary/aromatic N) is 2. The highest BCUT2D eigenvalue weighted by atomic mass is 35.5. The number of sulfonamides is 1. The van der Waals surface area contributed by atoms with Gasteiger partial charge in [-0.25, -0.2) is 8.42 Å². The highest BCUT2D eigenvalue weighted by Crippen LogP contribution is 2.31. The highest BCUT2D eigenvalue weighted by molar-refractivity contribution is 7.92. The van der Waals surface area contributed by atoms with E-state index in [0.717, 1.165) is 47.4 Å². The van der Waals surface area contributed by atoms with Crippen molar-refractivity contribution in [1.82, 2.24) is 10.2 Å². The summed E-state index contributed by atoms with van der Waals surface area (Å²) in [6, 6.07) is 11.5. The Kier molecular flexibility index (Phi) is 9.84. The van der Waals surface area contributed by atoms with Gasteiger partial charge in [0.2, 0.25) is 21.8 Å². The molecule has 0 aliphatic heterocycles. The van der Waals surface area contributed by atoms with E-state index < -0.39 is 28.5 Å². The van der Waals surface area contributed by atoms with Crippen LogP contribution in [0.2, 0.25) is 5.02 Å². The predicted molar refractivity (Wildman–Crippen MR) is 146 cm³/mol. The summed E-state index contributed by atoms with van der Waals surface area (Å²) in [5.74, 6) is -0.382. The SMILES string of the molecule is CC[C@H](C(=O)NC1CCCC1)N(Cc1ccc(Cl)cc1)C(=O)CN(c1cc(C)ccc1OC)S(C)(=O)=O. The van der Waals surface area contributed by atoms with E-state index in [1.165, 1.54) is 12.0 Å². The van der Waals surface area contributed by atoms with E-state index in [4.69, 9.17) is 16.3 Å². The van der Waals surface area contributed by atoms with E-state index in [1.54, 1.807) is 42.5 Å². The molecule has 0 spiro atoms. The maximum Gasteiger partial charge on any atom is 0.244 e. The van der Waals surface area contributed by atoms with E-state index >= 15 is 0 Å². The van der Waals surface area contributed by atoms with Crippen LogP contribution in [0.4, 0.5) is 5.69 Å². The first-order valence-corrected chi connectivity index (χ1v) is 14.7. The minimum atomic E-state index is -3.86. The van der Waals surface area contributed by atoms with Gasteiger partial charge in [-0.3, -0.25) is 13.9 Å². The lowest BCUT2D eigenvalue weighted by atomic mass is 10.1. The Hall–Kier alpha value is -2.78. The topological polar surface area (TPSA) is 96.0 Å². The number of rotatable bonds is 11. The zero-order valence-corrected chi connectivity index (χ0v) is 23.4. The van der Waals surface area contributed by atoms with Crippen LogP contribution in [0.15, 0.2) is 42.5 Å². The molecule has 1 aliphatic rings. The van der Waals surface area contributed by atoms with Gasteiger partial charge in [-0.15, -0.1) is 0 Å². The summed E-state index contributed by atoms with van der Waals surface area (Å²) in [5.41, 5.74) is 1.87. The van der Waals surface area contributed by atoms with Crippen LogP contribution in [0.25, 0.3) is 0 Å². The second-order valence-corrected chi connectivity index (χ2v) is 11.9. The number of anilines is 1. The smallest absolute Gasteiger partial charge is 0.244 e. The van der Waals surface area contributed by atoms with Gasteiger partial charge >= 0.3 is 0 Å². The van der Waals surface area contributed by atoms with Crippen molar-refractivity contribution in [3.05, 3.63) is 58.6 Å². The van der Waals surface area contributed by atoms with Crippen LogP contribution in [0.3, 0.4) is 0 Å². The van der Waals surface area contributed by atoms with Gasteiger partial charge in [0.05, 0.1) is 19.1 Å². The summed E-state index contributed by atoms with van der Waals surface area (Å²) < 4.78 is 32.2. The van der Waals surface area contributed by atoms with E-state index in [0.29, 0.717) is 17.2 Å². The molecule has 1 aliphatic carbocycles. The van der Waals surface area contributed by atoms with Gasteiger partial charge < -0.3 is 15.0 Å². The first kappa shape index (κ1) is 28.8. The van der Waals surface area contributed by atoms with Gasteiger partial charge in [0.1, 0.15) is 18.3 Å². The van der Waals surface area contributed by atoms with Crippen LogP contribution in [0.5, 0.6) is 5.75 Å². The minimum Gasteiger partial charge on any atom is -0.495 e. The predicted octanol–water partition coefficient (Wildman–Crippen LogP) is 4.29. The number of benzene rings is 2. The molecule has 8 nitrogen and oxygen atoms in total. The Morgan fingerprint density at radius 2 is 1.78 bits per heavy atom. The van der Waals surface area contributed by atoms with E-state index in [-0.39, 0.29) is 24.2 Å². The maximum absolute atomic E-state index is 13.8. The Morgan fingerprint density at radius 3 is 2.35 bits per heavy atom. The molecule has 3 rings (SSSR count). The van der Waals surface area contributed by atoms with Gasteiger partial charge in [0.15, 0.2) is 0 Å². The number of carbonyl (C=O) groups is 2. The van der Waals surface area contributed by atoms with Crippen molar-refractivity contribution in [1.29, 1.82) is 0 Å². The molecule has 0 radical (unpaired) electrons. The third-order valence-corrected chi connectivity index (χ3v) is 8.01. The quantitative estimate of drug-likeness (QED) is 0.451. The molecule has 2 amide bonds. The van der Waals surface area contributed by atoms with Crippen molar-refractivity contribution in [3.8, 4) is 5.75 Å². The van der Waals surface area contributed by atoms with Crippen molar-refractivity contribution in [3.63, 3.8) is 0 Å². The van der Waals surface area contributed by atoms with Gasteiger partial charge in [0, 0.05) is 17.6 Å². The van der Waals surface area contributed by atoms with E-state index in [1.807, 2.05) is 13.8 Å². The fraction of sp³-hybridized carbons (Fsp3) is 0.481. The van der Waals surface area contributed by atoms with Crippen LogP contribution >= 0.6 is 11.6 Å². The van der Waals surface area contributed by atoms with Gasteiger partial charge in [-0.1, -0.05) is 49.6 Å². The molecule has 10 heteroatoms. The highest BCUT2D eigenvalue weighted by Gasteiger charge is 2.33. The van der Waals surface area contributed by atoms with Gasteiger partial charge in [-0.2, -0.15) is 0 Å². The summed E-state index contributed by atoms with van der Waals surface area (Å²) >= 11 is 6.04. The van der Waals surface area contributed by atoms with Gasteiger partial charge in [0.25, 0.3) is 0 Å². The lowest BCUT2D eigenvalue weighted by Crippen LogP contribution is -2.53. The van der Waals surface area contributed by atoms with Crippen LogP contribution in [-0.2, 0) is 26.2 Å². The lowest BCUT2D eigenvalue weighted by Gasteiger charge is -2.33. The largest absolute Gasteiger partial charge is 0.495 e. The zero-order chi connectivity index (χ0) is 27.2. The molecule has 1 atom stereocenters. The summed E-state index contributed by atoms with van der Waals surface area (Å²) in [6.07, 6.45) is 5.40. The number of carbonyl (C=O) groups excluding carboxylic acids is 2.